The maximum absolute atomic E-state index is 13.2. The first-order valence-electron chi connectivity index (χ1n) is 20.7. The van der Waals surface area contributed by atoms with Crippen molar-refractivity contribution < 1.29 is 52.3 Å². The number of rotatable bonds is 17. The van der Waals surface area contributed by atoms with E-state index in [0.29, 0.717) is 56.6 Å². The molecule has 0 bridgehead atoms. The van der Waals surface area contributed by atoms with Gasteiger partial charge in [0.2, 0.25) is 12.7 Å². The van der Waals surface area contributed by atoms with Crippen molar-refractivity contribution in [2.75, 3.05) is 26.6 Å². The van der Waals surface area contributed by atoms with Crippen LogP contribution >= 0.6 is 0 Å². The van der Waals surface area contributed by atoms with E-state index in [9.17, 15) is 19.2 Å². The van der Waals surface area contributed by atoms with Crippen molar-refractivity contribution in [1.29, 1.82) is 0 Å². The molecular formula is C45H57N3O11. The van der Waals surface area contributed by atoms with Gasteiger partial charge in [0.25, 0.3) is 0 Å². The number of ether oxygens (including phenoxy) is 7. The van der Waals surface area contributed by atoms with E-state index < -0.39 is 48.3 Å². The summed E-state index contributed by atoms with van der Waals surface area (Å²) in [4.78, 5) is 52.0. The number of carbonyl (C=O) groups is 4. The van der Waals surface area contributed by atoms with E-state index in [2.05, 4.69) is 16.0 Å². The fraction of sp³-hybridized carbons (Fsp3) is 0.511. The lowest BCUT2D eigenvalue weighted by atomic mass is 9.90. The quantitative estimate of drug-likeness (QED) is 0.0959. The van der Waals surface area contributed by atoms with E-state index in [1.807, 2.05) is 86.6 Å². The highest BCUT2D eigenvalue weighted by molar-refractivity contribution is 5.84. The van der Waals surface area contributed by atoms with Crippen LogP contribution in [-0.4, -0.2) is 80.8 Å². The van der Waals surface area contributed by atoms with Crippen molar-refractivity contribution in [2.24, 2.45) is 5.92 Å². The Labute approximate surface area is 345 Å². The van der Waals surface area contributed by atoms with Gasteiger partial charge in [-0.1, -0.05) is 80.6 Å². The molecule has 3 aromatic rings. The van der Waals surface area contributed by atoms with Crippen molar-refractivity contribution >= 4 is 24.1 Å². The van der Waals surface area contributed by atoms with Crippen LogP contribution in [0.15, 0.2) is 78.9 Å². The summed E-state index contributed by atoms with van der Waals surface area (Å²) in [6.45, 7) is 6.59. The molecule has 0 saturated carbocycles. The molecule has 3 N–H and O–H groups in total. The molecule has 59 heavy (non-hydrogen) atoms. The highest BCUT2D eigenvalue weighted by Gasteiger charge is 2.47. The highest BCUT2D eigenvalue weighted by atomic mass is 16.7. The summed E-state index contributed by atoms with van der Waals surface area (Å²) >= 11 is 0. The van der Waals surface area contributed by atoms with Crippen LogP contribution in [0.3, 0.4) is 0 Å². The van der Waals surface area contributed by atoms with E-state index in [4.69, 9.17) is 33.2 Å². The highest BCUT2D eigenvalue weighted by Crippen LogP contribution is 2.41. The minimum absolute atomic E-state index is 0.00199. The Balaban J connectivity index is 1.07. The van der Waals surface area contributed by atoms with Gasteiger partial charge in [-0.3, -0.25) is 4.79 Å². The number of amides is 3. The maximum atomic E-state index is 13.2. The molecule has 3 aliphatic rings. The summed E-state index contributed by atoms with van der Waals surface area (Å²) in [6.07, 6.45) is 0.507. The summed E-state index contributed by atoms with van der Waals surface area (Å²) in [6, 6.07) is 24.7. The Bertz CT molecular complexity index is 1810. The number of fused-ring (bicyclic) bond motifs is 1. The predicted octanol–water partition coefficient (Wildman–Crippen LogP) is 6.89. The van der Waals surface area contributed by atoms with Crippen LogP contribution in [0.4, 0.5) is 9.59 Å². The van der Waals surface area contributed by atoms with Gasteiger partial charge in [0.15, 0.2) is 17.3 Å². The normalized spacial score (nSPS) is 21.4. The molecule has 318 valence electrons. The van der Waals surface area contributed by atoms with Crippen molar-refractivity contribution in [1.82, 2.24) is 16.0 Å². The van der Waals surface area contributed by atoms with Crippen molar-refractivity contribution in [3.8, 4) is 11.5 Å². The van der Waals surface area contributed by atoms with E-state index in [1.54, 1.807) is 13.0 Å². The summed E-state index contributed by atoms with van der Waals surface area (Å²) < 4.78 is 40.9. The Morgan fingerprint density at radius 3 is 2.27 bits per heavy atom. The van der Waals surface area contributed by atoms with Gasteiger partial charge in [-0.25, -0.2) is 14.4 Å². The van der Waals surface area contributed by atoms with Crippen molar-refractivity contribution in [3.63, 3.8) is 0 Å². The summed E-state index contributed by atoms with van der Waals surface area (Å²) in [5.74, 6) is -0.555. The zero-order valence-corrected chi connectivity index (χ0v) is 34.2. The number of esters is 1. The van der Waals surface area contributed by atoms with Crippen LogP contribution in [0.2, 0.25) is 0 Å². The van der Waals surface area contributed by atoms with Gasteiger partial charge in [-0.15, -0.1) is 0 Å². The second-order valence-electron chi connectivity index (χ2n) is 15.7. The first-order chi connectivity index (χ1) is 28.6. The molecule has 2 saturated heterocycles. The molecule has 3 heterocycles. The van der Waals surface area contributed by atoms with Crippen LogP contribution in [-0.2, 0) is 39.8 Å². The zero-order chi connectivity index (χ0) is 41.6. The minimum atomic E-state index is -1.14. The Hall–Kier alpha value is -5.34. The second kappa shape index (κ2) is 21.1. The van der Waals surface area contributed by atoms with E-state index in [0.717, 1.165) is 16.7 Å². The van der Waals surface area contributed by atoms with Gasteiger partial charge < -0.3 is 49.1 Å². The van der Waals surface area contributed by atoms with Gasteiger partial charge >= 0.3 is 18.2 Å². The fourth-order valence-electron chi connectivity index (χ4n) is 7.87. The minimum Gasteiger partial charge on any atom is -0.464 e. The third-order valence-corrected chi connectivity index (χ3v) is 10.6. The second-order valence-corrected chi connectivity index (χ2v) is 15.7. The number of benzene rings is 3. The topological polar surface area (TPSA) is 169 Å². The summed E-state index contributed by atoms with van der Waals surface area (Å²) in [5.41, 5.74) is 2.96. The Morgan fingerprint density at radius 1 is 0.847 bits per heavy atom. The lowest BCUT2D eigenvalue weighted by Gasteiger charge is -2.47. The molecule has 14 nitrogen and oxygen atoms in total. The van der Waals surface area contributed by atoms with E-state index in [-0.39, 0.29) is 57.1 Å². The van der Waals surface area contributed by atoms with Gasteiger partial charge in [-0.2, -0.15) is 0 Å². The molecule has 0 aromatic heterocycles. The lowest BCUT2D eigenvalue weighted by Crippen LogP contribution is -2.54. The van der Waals surface area contributed by atoms with Crippen molar-refractivity contribution in [3.05, 3.63) is 95.6 Å². The Morgan fingerprint density at radius 2 is 1.56 bits per heavy atom. The molecule has 1 spiro atoms. The average molecular weight is 816 g/mol. The molecule has 2 fully saturated rings. The molecule has 3 aromatic carbocycles. The van der Waals surface area contributed by atoms with Crippen LogP contribution in [0, 0.1) is 5.92 Å². The molecule has 4 unspecified atom stereocenters. The summed E-state index contributed by atoms with van der Waals surface area (Å²) in [5, 5.41) is 8.59. The standard InChI is InChI=1S/C45H57N3O11/c1-4-53-42(50)38(22-30(2)3)48-41(49)20-18-34-24-36(57-44(52)46-26-31-17-19-39-40(23-31)56-29-55-39)25-45(58-34)21-11-16-35(59-45)28-54-43(51)47-27-37(32-12-7-5-8-13-32)33-14-9-6-10-15-33/h5-10,12-15,17,19,23,30,34-38H,4,11,16,18,20-22,24-29H2,1-3H3,(H,46,52)(H,47,51)(H,48,49)/t34?,35?,36?,38-,45?/m0/s1. The van der Waals surface area contributed by atoms with Gasteiger partial charge in [0, 0.05) is 44.7 Å². The predicted molar refractivity (Wildman–Crippen MR) is 217 cm³/mol. The molecule has 3 amide bonds. The molecular weight excluding hydrogens is 759 g/mol. The molecule has 0 radical (unpaired) electrons. The van der Waals surface area contributed by atoms with Crippen LogP contribution in [0.1, 0.15) is 94.7 Å². The lowest BCUT2D eigenvalue weighted by molar-refractivity contribution is -0.329. The van der Waals surface area contributed by atoms with E-state index >= 15 is 0 Å². The van der Waals surface area contributed by atoms with Crippen LogP contribution in [0.5, 0.6) is 11.5 Å². The average Bonchev–Trinajstić information content (AvgIpc) is 3.70. The van der Waals surface area contributed by atoms with Crippen LogP contribution < -0.4 is 25.4 Å². The third-order valence-electron chi connectivity index (χ3n) is 10.6. The first kappa shape index (κ1) is 43.2. The fourth-order valence-corrected chi connectivity index (χ4v) is 7.87. The maximum Gasteiger partial charge on any atom is 0.407 e. The smallest absolute Gasteiger partial charge is 0.407 e. The van der Waals surface area contributed by atoms with Gasteiger partial charge in [0.05, 0.1) is 18.8 Å². The number of alkyl carbamates (subject to hydrolysis) is 2. The molecule has 6 rings (SSSR count). The number of hydrogen-bond acceptors (Lipinski definition) is 11. The monoisotopic (exact) mass is 815 g/mol. The third kappa shape index (κ3) is 12.8. The zero-order valence-electron chi connectivity index (χ0n) is 34.2. The summed E-state index contributed by atoms with van der Waals surface area (Å²) in [7, 11) is 0. The largest absolute Gasteiger partial charge is 0.464 e. The molecule has 3 aliphatic heterocycles. The van der Waals surface area contributed by atoms with E-state index in [1.165, 1.54) is 0 Å². The van der Waals surface area contributed by atoms with Crippen molar-refractivity contribution in [2.45, 2.75) is 115 Å². The number of carbonyl (C=O) groups excluding carboxylic acids is 4. The number of hydrogen-bond donors (Lipinski definition) is 3. The van der Waals surface area contributed by atoms with Crippen LogP contribution in [0.25, 0.3) is 0 Å². The van der Waals surface area contributed by atoms with Gasteiger partial charge in [0.1, 0.15) is 18.8 Å². The molecule has 5 atom stereocenters. The number of nitrogens with one attached hydrogen (secondary N) is 3. The van der Waals surface area contributed by atoms with Gasteiger partial charge in [-0.05, 0) is 67.3 Å². The molecule has 14 heteroatoms. The SMILES string of the molecule is CCOC(=O)[C@H](CC(C)C)NC(=O)CCC1CC(OC(=O)NCc2ccc3c(c2)OCO3)CC2(CCCC(COC(=O)NCC(c3ccccc3)c3ccccc3)O2)O1. The first-order valence-corrected chi connectivity index (χ1v) is 20.7. The Kier molecular flexibility index (Phi) is 15.4. The molecule has 0 aliphatic carbocycles.